The van der Waals surface area contributed by atoms with Crippen LogP contribution in [0.5, 0.6) is 0 Å². The van der Waals surface area contributed by atoms with Gasteiger partial charge in [-0.3, -0.25) is 0 Å². The number of nitrogen functional groups attached to an aromatic ring is 1. The van der Waals surface area contributed by atoms with Crippen molar-refractivity contribution < 1.29 is 4.74 Å². The first-order valence-electron chi connectivity index (χ1n) is 4.98. The molecule has 0 aromatic carbocycles. The van der Waals surface area contributed by atoms with E-state index in [1.54, 1.807) is 13.2 Å². The van der Waals surface area contributed by atoms with Gasteiger partial charge in [0.25, 0.3) is 0 Å². The summed E-state index contributed by atoms with van der Waals surface area (Å²) in [6.45, 7) is 5.51. The van der Waals surface area contributed by atoms with E-state index in [9.17, 15) is 0 Å². The minimum absolute atomic E-state index is 0.376. The number of hydrogen-bond acceptors (Lipinski definition) is 5. The average Bonchev–Trinajstić information content (AvgIpc) is 2.14. The zero-order valence-corrected chi connectivity index (χ0v) is 9.45. The second-order valence-corrected chi connectivity index (χ2v) is 3.80. The highest BCUT2D eigenvalue weighted by Gasteiger charge is 2.02. The topological polar surface area (TPSA) is 73.1 Å². The van der Waals surface area contributed by atoms with Crippen molar-refractivity contribution in [3.63, 3.8) is 0 Å². The fourth-order valence-corrected chi connectivity index (χ4v) is 1.11. The molecule has 0 saturated carbocycles. The fourth-order valence-electron chi connectivity index (χ4n) is 1.11. The summed E-state index contributed by atoms with van der Waals surface area (Å²) in [6, 6.07) is 1.72. The van der Waals surface area contributed by atoms with Gasteiger partial charge in [0.2, 0.25) is 0 Å². The predicted molar refractivity (Wildman–Crippen MR) is 60.5 cm³/mol. The van der Waals surface area contributed by atoms with Gasteiger partial charge < -0.3 is 15.8 Å². The lowest BCUT2D eigenvalue weighted by Crippen LogP contribution is -2.11. The van der Waals surface area contributed by atoms with E-state index in [0.717, 1.165) is 12.4 Å². The predicted octanol–water partition coefficient (Wildman–Crippen LogP) is 1.27. The molecule has 0 aliphatic rings. The first kappa shape index (κ1) is 11.7. The Morgan fingerprint density at radius 1 is 1.47 bits per heavy atom. The van der Waals surface area contributed by atoms with Crippen LogP contribution >= 0.6 is 0 Å². The molecular formula is C10H18N4O. The largest absolute Gasteiger partial charge is 0.384 e. The van der Waals surface area contributed by atoms with Gasteiger partial charge in [0.05, 0.1) is 0 Å². The van der Waals surface area contributed by atoms with Crippen LogP contribution < -0.4 is 11.1 Å². The van der Waals surface area contributed by atoms with E-state index in [0.29, 0.717) is 24.2 Å². The van der Waals surface area contributed by atoms with Crippen LogP contribution in [0, 0.1) is 5.92 Å². The van der Waals surface area contributed by atoms with E-state index in [4.69, 9.17) is 10.5 Å². The molecular weight excluding hydrogens is 192 g/mol. The molecule has 0 aliphatic heterocycles. The van der Waals surface area contributed by atoms with Crippen LogP contribution in [0.1, 0.15) is 19.7 Å². The number of nitrogens with one attached hydrogen (secondary N) is 1. The molecule has 84 valence electrons. The van der Waals surface area contributed by atoms with E-state index in [2.05, 4.69) is 29.1 Å². The molecule has 0 saturated heterocycles. The highest BCUT2D eigenvalue weighted by Crippen LogP contribution is 2.09. The van der Waals surface area contributed by atoms with E-state index >= 15 is 0 Å². The van der Waals surface area contributed by atoms with Gasteiger partial charge in [0, 0.05) is 19.7 Å². The molecule has 0 fully saturated rings. The molecule has 5 nitrogen and oxygen atoms in total. The summed E-state index contributed by atoms with van der Waals surface area (Å²) in [6.07, 6.45) is 0. The lowest BCUT2D eigenvalue weighted by molar-refractivity contribution is 0.178. The third-order valence-corrected chi connectivity index (χ3v) is 1.76. The Morgan fingerprint density at radius 3 is 2.80 bits per heavy atom. The van der Waals surface area contributed by atoms with Crippen molar-refractivity contribution >= 4 is 11.6 Å². The molecule has 0 aliphatic carbocycles. The number of ether oxygens (including phenoxy) is 1. The monoisotopic (exact) mass is 210 g/mol. The summed E-state index contributed by atoms with van der Waals surface area (Å²) in [5, 5.41) is 3.20. The molecule has 0 unspecified atom stereocenters. The van der Waals surface area contributed by atoms with Crippen LogP contribution in [0.15, 0.2) is 6.07 Å². The maximum Gasteiger partial charge on any atom is 0.158 e. The minimum atomic E-state index is 0.376. The van der Waals surface area contributed by atoms with Crippen LogP contribution in [0.4, 0.5) is 11.6 Å². The maximum atomic E-state index is 5.65. The zero-order chi connectivity index (χ0) is 11.3. The maximum absolute atomic E-state index is 5.65. The normalized spacial score (nSPS) is 10.7. The van der Waals surface area contributed by atoms with Crippen LogP contribution in [0.2, 0.25) is 0 Å². The second-order valence-electron chi connectivity index (χ2n) is 3.80. The standard InChI is InChI=1S/C10H18N4O/c1-7(2)5-12-9-4-8(11)13-10(14-9)6-15-3/h4,7H,5-6H2,1-3H3,(H3,11,12,13,14). The molecule has 0 atom stereocenters. The third-order valence-electron chi connectivity index (χ3n) is 1.76. The second kappa shape index (κ2) is 5.50. The number of nitrogens with two attached hydrogens (primary N) is 1. The van der Waals surface area contributed by atoms with Gasteiger partial charge in [0.15, 0.2) is 5.82 Å². The quantitative estimate of drug-likeness (QED) is 0.765. The molecule has 1 heterocycles. The smallest absolute Gasteiger partial charge is 0.158 e. The Hall–Kier alpha value is -1.36. The van der Waals surface area contributed by atoms with Gasteiger partial charge >= 0.3 is 0 Å². The Balaban J connectivity index is 2.70. The SMILES string of the molecule is COCc1nc(N)cc(NCC(C)C)n1. The summed E-state index contributed by atoms with van der Waals surface area (Å²) < 4.78 is 4.96. The van der Waals surface area contributed by atoms with Crippen LogP contribution in [0.25, 0.3) is 0 Å². The summed E-state index contributed by atoms with van der Waals surface area (Å²) in [7, 11) is 1.60. The molecule has 0 spiro atoms. The van der Waals surface area contributed by atoms with Gasteiger partial charge in [-0.15, -0.1) is 0 Å². The van der Waals surface area contributed by atoms with Crippen molar-refractivity contribution in [3.05, 3.63) is 11.9 Å². The van der Waals surface area contributed by atoms with Gasteiger partial charge in [-0.2, -0.15) is 0 Å². The lowest BCUT2D eigenvalue weighted by Gasteiger charge is -2.09. The van der Waals surface area contributed by atoms with E-state index in [-0.39, 0.29) is 0 Å². The molecule has 0 radical (unpaired) electrons. The average molecular weight is 210 g/mol. The van der Waals surface area contributed by atoms with E-state index in [1.807, 2.05) is 0 Å². The summed E-state index contributed by atoms with van der Waals surface area (Å²) in [5.41, 5.74) is 5.65. The fraction of sp³-hybridized carbons (Fsp3) is 0.600. The van der Waals surface area contributed by atoms with Crippen LogP contribution in [-0.4, -0.2) is 23.6 Å². The Labute approximate surface area is 90.1 Å². The molecule has 0 bridgehead atoms. The lowest BCUT2D eigenvalue weighted by atomic mass is 10.2. The van der Waals surface area contributed by atoms with Gasteiger partial charge in [-0.05, 0) is 5.92 Å². The summed E-state index contributed by atoms with van der Waals surface area (Å²) >= 11 is 0. The molecule has 1 aromatic heterocycles. The Morgan fingerprint density at radius 2 is 2.20 bits per heavy atom. The van der Waals surface area contributed by atoms with Crippen LogP contribution in [0.3, 0.4) is 0 Å². The molecule has 1 aromatic rings. The van der Waals surface area contributed by atoms with E-state index < -0.39 is 0 Å². The van der Waals surface area contributed by atoms with Crippen molar-refractivity contribution in [1.82, 2.24) is 9.97 Å². The molecule has 1 rings (SSSR count). The number of nitrogens with zero attached hydrogens (tertiary/aromatic N) is 2. The van der Waals surface area contributed by atoms with Crippen LogP contribution in [-0.2, 0) is 11.3 Å². The Kier molecular flexibility index (Phi) is 4.30. The third kappa shape index (κ3) is 4.12. The van der Waals surface area contributed by atoms with Crippen molar-refractivity contribution in [2.75, 3.05) is 24.7 Å². The molecule has 3 N–H and O–H groups in total. The molecule has 0 amide bonds. The number of anilines is 2. The minimum Gasteiger partial charge on any atom is -0.384 e. The first-order chi connectivity index (χ1) is 7.11. The Bertz CT molecular complexity index is 314. The number of aromatic nitrogens is 2. The van der Waals surface area contributed by atoms with Gasteiger partial charge in [-0.1, -0.05) is 13.8 Å². The molecule has 15 heavy (non-hydrogen) atoms. The van der Waals surface area contributed by atoms with Gasteiger partial charge in [-0.25, -0.2) is 9.97 Å². The van der Waals surface area contributed by atoms with Gasteiger partial charge in [0.1, 0.15) is 18.2 Å². The van der Waals surface area contributed by atoms with Crippen molar-refractivity contribution in [2.24, 2.45) is 5.92 Å². The number of hydrogen-bond donors (Lipinski definition) is 2. The molecule has 5 heteroatoms. The number of rotatable bonds is 5. The highest BCUT2D eigenvalue weighted by atomic mass is 16.5. The summed E-state index contributed by atoms with van der Waals surface area (Å²) in [4.78, 5) is 8.32. The first-order valence-corrected chi connectivity index (χ1v) is 4.98. The summed E-state index contributed by atoms with van der Waals surface area (Å²) in [5.74, 6) is 2.38. The number of methoxy groups -OCH3 is 1. The van der Waals surface area contributed by atoms with Crippen molar-refractivity contribution in [3.8, 4) is 0 Å². The van der Waals surface area contributed by atoms with Crippen molar-refractivity contribution in [1.29, 1.82) is 0 Å². The van der Waals surface area contributed by atoms with Crippen molar-refractivity contribution in [2.45, 2.75) is 20.5 Å². The zero-order valence-electron chi connectivity index (χ0n) is 9.45. The van der Waals surface area contributed by atoms with E-state index in [1.165, 1.54) is 0 Å². The highest BCUT2D eigenvalue weighted by molar-refractivity contribution is 5.44.